The van der Waals surface area contributed by atoms with Crippen molar-refractivity contribution in [2.75, 3.05) is 19.7 Å². The van der Waals surface area contributed by atoms with Crippen LogP contribution in [0.3, 0.4) is 0 Å². The molecule has 106 valence electrons. The van der Waals surface area contributed by atoms with Gasteiger partial charge in [0.25, 0.3) is 5.89 Å². The first kappa shape index (κ1) is 13.0. The van der Waals surface area contributed by atoms with Gasteiger partial charge in [-0.1, -0.05) is 5.16 Å². The van der Waals surface area contributed by atoms with Crippen molar-refractivity contribution in [3.63, 3.8) is 0 Å². The third kappa shape index (κ3) is 3.52. The Kier molecular flexibility index (Phi) is 3.56. The zero-order chi connectivity index (χ0) is 13.3. The topological polar surface area (TPSA) is 69.4 Å². The quantitative estimate of drug-likeness (QED) is 0.865. The van der Waals surface area contributed by atoms with E-state index in [-0.39, 0.29) is 11.7 Å². The molecule has 6 heteroatoms. The minimum Gasteiger partial charge on any atom is -0.369 e. The minimum absolute atomic E-state index is 0.0783. The van der Waals surface area contributed by atoms with Crippen LogP contribution in [0.2, 0.25) is 0 Å². The van der Waals surface area contributed by atoms with Crippen molar-refractivity contribution in [2.24, 2.45) is 0 Å². The van der Waals surface area contributed by atoms with Crippen LogP contribution in [0.5, 0.6) is 0 Å². The second-order valence-electron chi connectivity index (χ2n) is 5.97. The van der Waals surface area contributed by atoms with Gasteiger partial charge in [-0.25, -0.2) is 0 Å². The molecule has 19 heavy (non-hydrogen) atoms. The number of rotatable bonds is 5. The van der Waals surface area contributed by atoms with Gasteiger partial charge in [0.2, 0.25) is 0 Å². The zero-order valence-electron chi connectivity index (χ0n) is 11.5. The summed E-state index contributed by atoms with van der Waals surface area (Å²) in [6.45, 7) is 6.74. The lowest BCUT2D eigenvalue weighted by Crippen LogP contribution is -2.51. The molecule has 1 aromatic rings. The van der Waals surface area contributed by atoms with E-state index in [1.165, 1.54) is 12.8 Å². The van der Waals surface area contributed by atoms with E-state index < -0.39 is 0 Å². The first-order chi connectivity index (χ1) is 9.12. The predicted molar refractivity (Wildman–Crippen MR) is 67.8 cm³/mol. The molecule has 6 nitrogen and oxygen atoms in total. The largest absolute Gasteiger partial charge is 0.369 e. The SMILES string of the molecule is CC1(C)CNCC(COCc2nc(C3CC3)no2)O1. The van der Waals surface area contributed by atoms with Gasteiger partial charge < -0.3 is 19.3 Å². The Labute approximate surface area is 112 Å². The van der Waals surface area contributed by atoms with Crippen LogP contribution in [0.15, 0.2) is 4.52 Å². The fourth-order valence-corrected chi connectivity index (χ4v) is 2.27. The van der Waals surface area contributed by atoms with Crippen LogP contribution in [0.1, 0.15) is 44.3 Å². The van der Waals surface area contributed by atoms with Gasteiger partial charge >= 0.3 is 0 Å². The molecule has 2 fully saturated rings. The van der Waals surface area contributed by atoms with Crippen LogP contribution in [-0.2, 0) is 16.1 Å². The number of hydrogen-bond acceptors (Lipinski definition) is 6. The Morgan fingerprint density at radius 1 is 1.42 bits per heavy atom. The van der Waals surface area contributed by atoms with E-state index >= 15 is 0 Å². The molecule has 1 aliphatic carbocycles. The molecule has 1 unspecified atom stereocenters. The summed E-state index contributed by atoms with van der Waals surface area (Å²) in [5.41, 5.74) is -0.129. The Balaban J connectivity index is 1.42. The summed E-state index contributed by atoms with van der Waals surface area (Å²) in [5, 5.41) is 7.30. The van der Waals surface area contributed by atoms with Crippen LogP contribution in [0, 0.1) is 0 Å². The molecule has 1 saturated heterocycles. The third-order valence-electron chi connectivity index (χ3n) is 3.36. The summed E-state index contributed by atoms with van der Waals surface area (Å²) in [5.74, 6) is 1.91. The first-order valence-corrected chi connectivity index (χ1v) is 6.91. The Hall–Kier alpha value is -0.980. The standard InChI is InChI=1S/C13H21N3O3/c1-13(2)8-14-5-10(18-13)6-17-7-11-15-12(16-19-11)9-3-4-9/h9-10,14H,3-8H2,1-2H3. The van der Waals surface area contributed by atoms with Gasteiger partial charge in [0.05, 0.1) is 18.3 Å². The molecular weight excluding hydrogens is 246 g/mol. The molecule has 1 aliphatic heterocycles. The molecule has 0 amide bonds. The lowest BCUT2D eigenvalue weighted by Gasteiger charge is -2.36. The highest BCUT2D eigenvalue weighted by Crippen LogP contribution is 2.38. The molecule has 1 atom stereocenters. The van der Waals surface area contributed by atoms with Crippen LogP contribution in [0.25, 0.3) is 0 Å². The molecular formula is C13H21N3O3. The van der Waals surface area contributed by atoms with Gasteiger partial charge in [0, 0.05) is 19.0 Å². The lowest BCUT2D eigenvalue weighted by atomic mass is 10.1. The first-order valence-electron chi connectivity index (χ1n) is 6.91. The van der Waals surface area contributed by atoms with Crippen LogP contribution in [-0.4, -0.2) is 41.5 Å². The van der Waals surface area contributed by atoms with Crippen LogP contribution >= 0.6 is 0 Å². The molecule has 1 N–H and O–H groups in total. The Bertz CT molecular complexity index is 429. The van der Waals surface area contributed by atoms with Gasteiger partial charge in [-0.2, -0.15) is 4.98 Å². The molecule has 3 rings (SSSR count). The molecule has 2 heterocycles. The number of ether oxygens (including phenoxy) is 2. The molecule has 1 saturated carbocycles. The molecule has 0 bridgehead atoms. The normalized spacial score (nSPS) is 26.5. The van der Waals surface area contributed by atoms with E-state index in [4.69, 9.17) is 14.0 Å². The fraction of sp³-hybridized carbons (Fsp3) is 0.846. The minimum atomic E-state index is -0.129. The second-order valence-corrected chi connectivity index (χ2v) is 5.97. The summed E-state index contributed by atoms with van der Waals surface area (Å²) < 4.78 is 16.7. The van der Waals surface area contributed by atoms with Gasteiger partial charge in [-0.05, 0) is 26.7 Å². The van der Waals surface area contributed by atoms with Crippen LogP contribution < -0.4 is 5.32 Å². The Morgan fingerprint density at radius 2 is 2.26 bits per heavy atom. The maximum Gasteiger partial charge on any atom is 0.252 e. The second kappa shape index (κ2) is 5.19. The summed E-state index contributed by atoms with van der Waals surface area (Å²) in [6.07, 6.45) is 2.43. The van der Waals surface area contributed by atoms with Crippen molar-refractivity contribution in [1.82, 2.24) is 15.5 Å². The van der Waals surface area contributed by atoms with Gasteiger partial charge in [-0.3, -0.25) is 0 Å². The van der Waals surface area contributed by atoms with E-state index in [2.05, 4.69) is 29.3 Å². The smallest absolute Gasteiger partial charge is 0.252 e. The van der Waals surface area contributed by atoms with E-state index in [9.17, 15) is 0 Å². The lowest BCUT2D eigenvalue weighted by molar-refractivity contribution is -0.123. The summed E-state index contributed by atoms with van der Waals surface area (Å²) in [4.78, 5) is 4.32. The number of hydrogen-bond donors (Lipinski definition) is 1. The van der Waals surface area contributed by atoms with Crippen molar-refractivity contribution >= 4 is 0 Å². The van der Waals surface area contributed by atoms with E-state index in [1.807, 2.05) is 0 Å². The van der Waals surface area contributed by atoms with Crippen molar-refractivity contribution in [1.29, 1.82) is 0 Å². The highest BCUT2D eigenvalue weighted by Gasteiger charge is 2.30. The molecule has 0 radical (unpaired) electrons. The number of nitrogens with one attached hydrogen (secondary N) is 1. The van der Waals surface area contributed by atoms with Gasteiger partial charge in [-0.15, -0.1) is 0 Å². The fourth-order valence-electron chi connectivity index (χ4n) is 2.27. The highest BCUT2D eigenvalue weighted by molar-refractivity contribution is 5.02. The number of aromatic nitrogens is 2. The average molecular weight is 267 g/mol. The highest BCUT2D eigenvalue weighted by atomic mass is 16.6. The van der Waals surface area contributed by atoms with Gasteiger partial charge in [0.15, 0.2) is 5.82 Å². The van der Waals surface area contributed by atoms with Crippen molar-refractivity contribution in [3.05, 3.63) is 11.7 Å². The maximum absolute atomic E-state index is 5.91. The monoisotopic (exact) mass is 267 g/mol. The van der Waals surface area contributed by atoms with E-state index in [0.717, 1.165) is 18.9 Å². The predicted octanol–water partition coefficient (Wildman–Crippen LogP) is 1.23. The number of nitrogens with zero attached hydrogens (tertiary/aromatic N) is 2. The van der Waals surface area contributed by atoms with E-state index in [1.54, 1.807) is 0 Å². The Morgan fingerprint density at radius 3 is 3.00 bits per heavy atom. The molecule has 0 spiro atoms. The van der Waals surface area contributed by atoms with E-state index in [0.29, 0.717) is 25.0 Å². The van der Waals surface area contributed by atoms with Crippen molar-refractivity contribution in [2.45, 2.75) is 50.9 Å². The average Bonchev–Trinajstić information content (AvgIpc) is 3.09. The van der Waals surface area contributed by atoms with Crippen molar-refractivity contribution < 1.29 is 14.0 Å². The summed E-state index contributed by atoms with van der Waals surface area (Å²) in [6, 6.07) is 0. The van der Waals surface area contributed by atoms with Gasteiger partial charge in [0.1, 0.15) is 6.61 Å². The maximum atomic E-state index is 5.91. The summed E-state index contributed by atoms with van der Waals surface area (Å²) >= 11 is 0. The third-order valence-corrected chi connectivity index (χ3v) is 3.36. The van der Waals surface area contributed by atoms with Crippen molar-refractivity contribution in [3.8, 4) is 0 Å². The number of morpholine rings is 1. The molecule has 0 aromatic carbocycles. The molecule has 2 aliphatic rings. The summed E-state index contributed by atoms with van der Waals surface area (Å²) in [7, 11) is 0. The zero-order valence-corrected chi connectivity index (χ0v) is 11.5. The van der Waals surface area contributed by atoms with Crippen LogP contribution in [0.4, 0.5) is 0 Å². The molecule has 1 aromatic heterocycles.